The summed E-state index contributed by atoms with van der Waals surface area (Å²) in [7, 11) is 0.501. The molecule has 0 saturated carbocycles. The van der Waals surface area contributed by atoms with Crippen molar-refractivity contribution in [2.75, 3.05) is 26.6 Å². The van der Waals surface area contributed by atoms with E-state index in [4.69, 9.17) is 34.9 Å². The predicted molar refractivity (Wildman–Crippen MR) is 146 cm³/mol. The van der Waals surface area contributed by atoms with Gasteiger partial charge in [-0.2, -0.15) is 0 Å². The Balaban J connectivity index is 1.85. The molecular weight excluding hydrogens is 513 g/mol. The van der Waals surface area contributed by atoms with Gasteiger partial charge in [0.2, 0.25) is 0 Å². The Kier molecular flexibility index (Phi) is 8.49. The van der Waals surface area contributed by atoms with Gasteiger partial charge in [0.05, 0.1) is 21.3 Å². The van der Waals surface area contributed by atoms with Gasteiger partial charge in [0, 0.05) is 10.7 Å². The van der Waals surface area contributed by atoms with Crippen LogP contribution in [0.15, 0.2) is 97.1 Å². The highest BCUT2D eigenvalue weighted by atomic mass is 35.5. The first kappa shape index (κ1) is 26.3. The summed E-state index contributed by atoms with van der Waals surface area (Å²) in [6.07, 6.45) is 0. The lowest BCUT2D eigenvalue weighted by Crippen LogP contribution is -2.18. The minimum atomic E-state index is -4.12. The van der Waals surface area contributed by atoms with Gasteiger partial charge in [0.1, 0.15) is 5.75 Å². The highest BCUT2D eigenvalue weighted by Gasteiger charge is 2.42. The van der Waals surface area contributed by atoms with Gasteiger partial charge in [-0.25, -0.2) is 4.57 Å². The van der Waals surface area contributed by atoms with Gasteiger partial charge in [0.25, 0.3) is 0 Å². The minimum Gasteiger partial charge on any atom is -0.497 e. The summed E-state index contributed by atoms with van der Waals surface area (Å²) >= 11 is 6.16. The molecule has 37 heavy (non-hydrogen) atoms. The lowest BCUT2D eigenvalue weighted by Gasteiger charge is -2.30. The second-order valence-electron chi connectivity index (χ2n) is 7.85. The van der Waals surface area contributed by atoms with Gasteiger partial charge in [-0.05, 0) is 66.2 Å². The fourth-order valence-electron chi connectivity index (χ4n) is 3.62. The maximum Gasteiger partial charge on any atom is 0.457 e. The normalized spacial score (nSPS) is 11.8. The van der Waals surface area contributed by atoms with Crippen LogP contribution in [0.3, 0.4) is 0 Å². The molecule has 0 aliphatic carbocycles. The zero-order valence-electron chi connectivity index (χ0n) is 20.6. The minimum absolute atomic E-state index is 0.263. The number of halogens is 1. The second kappa shape index (κ2) is 12.0. The standard InChI is InChI=1S/C28H27ClNO6P/c1-32-23-18-16-22(17-19-23)30-28(20-12-14-21(29)15-13-20)37(31,35-26-10-6-4-8-24(26)33-2)36-27-11-7-5-9-25(27)34-3/h4-19,28,30H,1-3H3/t28-/m0/s1. The first-order chi connectivity index (χ1) is 18.0. The maximum absolute atomic E-state index is 14.9. The van der Waals surface area contributed by atoms with Gasteiger partial charge in [-0.1, -0.05) is 48.0 Å². The molecule has 0 aromatic heterocycles. The number of hydrogen-bond donors (Lipinski definition) is 1. The zero-order chi connectivity index (χ0) is 26.3. The molecule has 0 aliphatic rings. The predicted octanol–water partition coefficient (Wildman–Crippen LogP) is 7.83. The van der Waals surface area contributed by atoms with E-state index in [1.54, 1.807) is 92.0 Å². The van der Waals surface area contributed by atoms with Crippen LogP contribution in [0.1, 0.15) is 11.3 Å². The van der Waals surface area contributed by atoms with Crippen molar-refractivity contribution in [3.05, 3.63) is 108 Å². The average Bonchev–Trinajstić information content (AvgIpc) is 2.93. The molecule has 1 N–H and O–H groups in total. The summed E-state index contributed by atoms with van der Waals surface area (Å²) in [6.45, 7) is 0. The molecule has 0 spiro atoms. The lowest BCUT2D eigenvalue weighted by molar-refractivity contribution is 0.341. The van der Waals surface area contributed by atoms with Gasteiger partial charge < -0.3 is 28.6 Å². The van der Waals surface area contributed by atoms with Crippen LogP contribution in [0.5, 0.6) is 28.7 Å². The van der Waals surface area contributed by atoms with Crippen molar-refractivity contribution < 1.29 is 27.8 Å². The van der Waals surface area contributed by atoms with E-state index in [0.29, 0.717) is 33.5 Å². The van der Waals surface area contributed by atoms with Crippen molar-refractivity contribution in [3.63, 3.8) is 0 Å². The smallest absolute Gasteiger partial charge is 0.457 e. The summed E-state index contributed by atoms with van der Waals surface area (Å²) in [5.74, 6) is 1.08. The topological polar surface area (TPSA) is 75.3 Å². The first-order valence-electron chi connectivity index (χ1n) is 11.4. The maximum atomic E-state index is 14.9. The van der Waals surface area contributed by atoms with Crippen LogP contribution in [-0.2, 0) is 4.57 Å². The Hall–Kier alpha value is -3.80. The molecule has 0 saturated heterocycles. The van der Waals surface area contributed by atoms with Crippen molar-refractivity contribution in [3.8, 4) is 28.7 Å². The van der Waals surface area contributed by atoms with E-state index >= 15 is 0 Å². The number of benzene rings is 4. The van der Waals surface area contributed by atoms with Crippen LogP contribution in [0.25, 0.3) is 0 Å². The number of nitrogens with one attached hydrogen (secondary N) is 1. The van der Waals surface area contributed by atoms with E-state index in [0.717, 1.165) is 0 Å². The third-order valence-electron chi connectivity index (χ3n) is 5.48. The van der Waals surface area contributed by atoms with Gasteiger partial charge in [-0.3, -0.25) is 0 Å². The molecule has 0 bridgehead atoms. The zero-order valence-corrected chi connectivity index (χ0v) is 22.2. The molecule has 192 valence electrons. The Bertz CT molecular complexity index is 1310. The SMILES string of the molecule is COc1ccc(N[C@H](c2ccc(Cl)cc2)P(=O)(Oc2ccccc2OC)Oc2ccccc2OC)cc1. The number of ether oxygens (including phenoxy) is 3. The van der Waals surface area contributed by atoms with E-state index in [9.17, 15) is 4.57 Å². The molecule has 7 nitrogen and oxygen atoms in total. The molecular formula is C28H27ClNO6P. The molecule has 1 atom stereocenters. The van der Waals surface area contributed by atoms with Crippen molar-refractivity contribution >= 4 is 24.9 Å². The molecule has 0 heterocycles. The Morgan fingerprint density at radius 2 is 1.14 bits per heavy atom. The monoisotopic (exact) mass is 539 g/mol. The highest BCUT2D eigenvalue weighted by molar-refractivity contribution is 7.55. The van der Waals surface area contributed by atoms with Crippen LogP contribution in [-0.4, -0.2) is 21.3 Å². The summed E-state index contributed by atoms with van der Waals surface area (Å²) in [5.41, 5.74) is 1.31. The average molecular weight is 540 g/mol. The van der Waals surface area contributed by atoms with E-state index in [1.165, 1.54) is 14.2 Å². The lowest BCUT2D eigenvalue weighted by atomic mass is 10.2. The number of anilines is 1. The van der Waals surface area contributed by atoms with Crippen molar-refractivity contribution in [2.24, 2.45) is 0 Å². The largest absolute Gasteiger partial charge is 0.497 e. The van der Waals surface area contributed by atoms with Crippen molar-refractivity contribution in [2.45, 2.75) is 5.78 Å². The quantitative estimate of drug-likeness (QED) is 0.195. The summed E-state index contributed by atoms with van der Waals surface area (Å²) in [4.78, 5) is 0. The Labute approximate surface area is 221 Å². The van der Waals surface area contributed by atoms with Crippen LogP contribution in [0, 0.1) is 0 Å². The second-order valence-corrected chi connectivity index (χ2v) is 10.2. The van der Waals surface area contributed by atoms with E-state index < -0.39 is 13.4 Å². The van der Waals surface area contributed by atoms with Gasteiger partial charge in [0.15, 0.2) is 28.8 Å². The van der Waals surface area contributed by atoms with Crippen molar-refractivity contribution in [1.29, 1.82) is 0 Å². The first-order valence-corrected chi connectivity index (χ1v) is 13.4. The molecule has 0 fully saturated rings. The molecule has 0 amide bonds. The Morgan fingerprint density at radius 3 is 1.59 bits per heavy atom. The number of para-hydroxylation sites is 4. The molecule has 0 aliphatic heterocycles. The summed E-state index contributed by atoms with van der Waals surface area (Å²) in [6, 6.07) is 28.1. The van der Waals surface area contributed by atoms with Gasteiger partial charge in [-0.15, -0.1) is 0 Å². The highest BCUT2D eigenvalue weighted by Crippen LogP contribution is 2.62. The van der Waals surface area contributed by atoms with Gasteiger partial charge >= 0.3 is 7.60 Å². The molecule has 4 aromatic carbocycles. The Morgan fingerprint density at radius 1 is 0.649 bits per heavy atom. The van der Waals surface area contributed by atoms with E-state index in [-0.39, 0.29) is 11.5 Å². The fourth-order valence-corrected chi connectivity index (χ4v) is 5.69. The number of hydrogen-bond acceptors (Lipinski definition) is 7. The van der Waals surface area contributed by atoms with Crippen LogP contribution < -0.4 is 28.6 Å². The molecule has 4 rings (SSSR count). The van der Waals surface area contributed by atoms with Crippen LogP contribution in [0.2, 0.25) is 5.02 Å². The third kappa shape index (κ3) is 6.31. The molecule has 0 unspecified atom stereocenters. The summed E-state index contributed by atoms with van der Waals surface area (Å²) < 4.78 is 43.6. The van der Waals surface area contributed by atoms with E-state index in [1.807, 2.05) is 12.1 Å². The van der Waals surface area contributed by atoms with E-state index in [2.05, 4.69) is 5.32 Å². The number of methoxy groups -OCH3 is 3. The number of rotatable bonds is 11. The molecule has 0 radical (unpaired) electrons. The molecule has 4 aromatic rings. The van der Waals surface area contributed by atoms with Crippen LogP contribution in [0.4, 0.5) is 5.69 Å². The summed E-state index contributed by atoms with van der Waals surface area (Å²) in [5, 5.41) is 3.87. The molecule has 9 heteroatoms. The van der Waals surface area contributed by atoms with Crippen molar-refractivity contribution in [1.82, 2.24) is 0 Å². The fraction of sp³-hybridized carbons (Fsp3) is 0.143. The van der Waals surface area contributed by atoms with Crippen LogP contribution >= 0.6 is 19.2 Å². The third-order valence-corrected chi connectivity index (χ3v) is 7.70.